The van der Waals surface area contributed by atoms with Gasteiger partial charge in [-0.25, -0.2) is 0 Å². The van der Waals surface area contributed by atoms with E-state index in [9.17, 15) is 9.90 Å². The summed E-state index contributed by atoms with van der Waals surface area (Å²) in [4.78, 5) is 14.9. The van der Waals surface area contributed by atoms with Crippen LogP contribution in [0.1, 0.15) is 24.3 Å². The van der Waals surface area contributed by atoms with Crippen molar-refractivity contribution in [3.63, 3.8) is 0 Å². The molecule has 6 unspecified atom stereocenters. The number of carbonyl (C=O) groups excluding carboxylic acids is 1. The number of hydrogen-bond acceptors (Lipinski definition) is 5. The molecule has 23 heavy (non-hydrogen) atoms. The van der Waals surface area contributed by atoms with Crippen molar-refractivity contribution in [2.45, 2.75) is 48.7 Å². The minimum Gasteiger partial charge on any atom is -0.462 e. The molecule has 3 heterocycles. The third-order valence-electron chi connectivity index (χ3n) is 6.53. The number of ether oxygens (including phenoxy) is 2. The first-order valence-corrected chi connectivity index (χ1v) is 8.41. The van der Waals surface area contributed by atoms with E-state index in [1.165, 1.54) is 0 Å². The third kappa shape index (κ3) is 1.65. The maximum absolute atomic E-state index is 12.5. The highest BCUT2D eigenvalue weighted by molar-refractivity contribution is 5.78. The highest BCUT2D eigenvalue weighted by Gasteiger charge is 2.85. The number of rotatable bonds is 4. The molecule has 122 valence electrons. The Labute approximate surface area is 135 Å². The number of esters is 1. The van der Waals surface area contributed by atoms with Gasteiger partial charge in [-0.3, -0.25) is 9.69 Å². The fourth-order valence-electron chi connectivity index (χ4n) is 5.37. The highest BCUT2D eigenvalue weighted by Crippen LogP contribution is 2.71. The Balaban J connectivity index is 1.28. The molecule has 0 radical (unpaired) electrons. The van der Waals surface area contributed by atoms with E-state index in [-0.39, 0.29) is 24.2 Å². The first-order chi connectivity index (χ1) is 11.2. The Morgan fingerprint density at radius 2 is 2.26 bits per heavy atom. The van der Waals surface area contributed by atoms with E-state index >= 15 is 0 Å². The van der Waals surface area contributed by atoms with Gasteiger partial charge in [0.25, 0.3) is 0 Å². The van der Waals surface area contributed by atoms with Crippen LogP contribution in [0.2, 0.25) is 0 Å². The van der Waals surface area contributed by atoms with E-state index in [0.717, 1.165) is 18.4 Å². The van der Waals surface area contributed by atoms with Crippen molar-refractivity contribution >= 4 is 5.97 Å². The second kappa shape index (κ2) is 4.56. The summed E-state index contributed by atoms with van der Waals surface area (Å²) in [6.45, 7) is -0.222. The second-order valence-corrected chi connectivity index (χ2v) is 7.36. The van der Waals surface area contributed by atoms with E-state index in [2.05, 4.69) is 11.9 Å². The molecule has 5 fully saturated rings. The van der Waals surface area contributed by atoms with Gasteiger partial charge in [-0.05, 0) is 12.6 Å². The van der Waals surface area contributed by atoms with E-state index in [0.29, 0.717) is 24.2 Å². The normalized spacial score (nSPS) is 44.2. The molecule has 3 saturated heterocycles. The van der Waals surface area contributed by atoms with Gasteiger partial charge < -0.3 is 14.6 Å². The molecular formula is C18H21NO4. The third-order valence-corrected chi connectivity index (χ3v) is 6.53. The smallest absolute Gasteiger partial charge is 0.316 e. The van der Waals surface area contributed by atoms with Crippen LogP contribution >= 0.6 is 0 Å². The number of carbonyl (C=O) groups is 1. The number of hydrogen-bond donors (Lipinski definition) is 1. The zero-order valence-electron chi connectivity index (χ0n) is 13.1. The van der Waals surface area contributed by atoms with Crippen LogP contribution < -0.4 is 0 Å². The summed E-state index contributed by atoms with van der Waals surface area (Å²) in [5.41, 5.74) is 0.934. The first-order valence-electron chi connectivity index (χ1n) is 8.41. The molecule has 7 atom stereocenters. The Kier molecular flexibility index (Phi) is 2.77. The van der Waals surface area contributed by atoms with E-state index in [1.54, 1.807) is 0 Å². The Hall–Kier alpha value is -1.43. The van der Waals surface area contributed by atoms with Crippen molar-refractivity contribution in [2.75, 3.05) is 13.7 Å². The molecule has 5 heteroatoms. The summed E-state index contributed by atoms with van der Waals surface area (Å²) < 4.78 is 11.5. The van der Waals surface area contributed by atoms with Crippen LogP contribution in [0.3, 0.4) is 0 Å². The van der Waals surface area contributed by atoms with Gasteiger partial charge in [0, 0.05) is 24.8 Å². The molecule has 3 aliphatic heterocycles. The van der Waals surface area contributed by atoms with E-state index in [4.69, 9.17) is 9.47 Å². The standard InChI is InChI=1S/C18H21NO4/c1-19-13-7-11(8-18(19)14(13)15-16(18)23-15)22-17(21)12(9-20)10-5-3-2-4-6-10/h2-6,11-16,20H,7-9H2,1H3/t11?,12?,13?,14-,15?,16?,18?/m1/s1. The minimum atomic E-state index is -0.591. The number of aliphatic hydroxyl groups is 1. The summed E-state index contributed by atoms with van der Waals surface area (Å²) in [5, 5.41) is 9.61. The van der Waals surface area contributed by atoms with Crippen molar-refractivity contribution in [1.82, 2.24) is 4.90 Å². The lowest BCUT2D eigenvalue weighted by atomic mass is 9.48. The zero-order chi connectivity index (χ0) is 15.8. The van der Waals surface area contributed by atoms with Gasteiger partial charge >= 0.3 is 5.97 Å². The number of aliphatic hydroxyl groups excluding tert-OH is 1. The SMILES string of the molecule is CN1C2CC(OC(=O)C(CO)c3ccccc3)CC13C1OC1[C@@H]23. The summed E-state index contributed by atoms with van der Waals surface area (Å²) in [6.07, 6.45) is 2.53. The Morgan fingerprint density at radius 3 is 3.00 bits per heavy atom. The van der Waals surface area contributed by atoms with Crippen molar-refractivity contribution < 1.29 is 19.4 Å². The van der Waals surface area contributed by atoms with Gasteiger partial charge in [0.1, 0.15) is 18.1 Å². The predicted molar refractivity (Wildman–Crippen MR) is 81.8 cm³/mol. The van der Waals surface area contributed by atoms with Crippen LogP contribution in [0.25, 0.3) is 0 Å². The molecule has 2 saturated carbocycles. The van der Waals surface area contributed by atoms with Gasteiger partial charge in [-0.2, -0.15) is 0 Å². The van der Waals surface area contributed by atoms with E-state index < -0.39 is 5.92 Å². The topological polar surface area (TPSA) is 62.3 Å². The highest BCUT2D eigenvalue weighted by atomic mass is 16.6. The number of likely N-dealkylation sites (N-methyl/N-ethyl adjacent to an activating group) is 1. The molecular weight excluding hydrogens is 294 g/mol. The van der Waals surface area contributed by atoms with Crippen LogP contribution in [0.4, 0.5) is 0 Å². The van der Waals surface area contributed by atoms with Gasteiger partial charge in [0.05, 0.1) is 18.2 Å². The lowest BCUT2D eigenvalue weighted by molar-refractivity contribution is -0.229. The zero-order valence-corrected chi connectivity index (χ0v) is 13.1. The summed E-state index contributed by atoms with van der Waals surface area (Å²) in [6, 6.07) is 9.84. The lowest BCUT2D eigenvalue weighted by Crippen LogP contribution is -2.85. The fourth-order valence-corrected chi connectivity index (χ4v) is 5.37. The van der Waals surface area contributed by atoms with Crippen LogP contribution in [0, 0.1) is 5.92 Å². The van der Waals surface area contributed by atoms with Crippen LogP contribution in [-0.2, 0) is 14.3 Å². The minimum absolute atomic E-state index is 0.0529. The number of nitrogens with zero attached hydrogens (tertiary/aromatic N) is 1. The van der Waals surface area contributed by atoms with Gasteiger partial charge in [0.2, 0.25) is 0 Å². The Morgan fingerprint density at radius 1 is 1.48 bits per heavy atom. The van der Waals surface area contributed by atoms with Crippen molar-refractivity contribution in [2.24, 2.45) is 5.92 Å². The van der Waals surface area contributed by atoms with Crippen LogP contribution in [0.5, 0.6) is 0 Å². The number of fused-ring (bicyclic) bond motifs is 3. The Bertz CT molecular complexity index is 650. The number of piperidine rings is 2. The summed E-state index contributed by atoms with van der Waals surface area (Å²) >= 11 is 0. The first kappa shape index (κ1) is 14.0. The predicted octanol–water partition coefficient (Wildman–Crippen LogP) is 0.918. The number of benzene rings is 1. The molecule has 5 nitrogen and oxygen atoms in total. The van der Waals surface area contributed by atoms with Gasteiger partial charge in [0.15, 0.2) is 0 Å². The van der Waals surface area contributed by atoms with Crippen LogP contribution in [-0.4, -0.2) is 59.5 Å². The molecule has 1 aromatic carbocycles. The van der Waals surface area contributed by atoms with Gasteiger partial charge in [-0.15, -0.1) is 0 Å². The molecule has 2 bridgehead atoms. The molecule has 1 aromatic rings. The van der Waals surface area contributed by atoms with Crippen molar-refractivity contribution in [3.05, 3.63) is 35.9 Å². The maximum atomic E-state index is 12.5. The average molecular weight is 315 g/mol. The molecule has 0 aromatic heterocycles. The molecule has 5 aliphatic rings. The lowest BCUT2D eigenvalue weighted by Gasteiger charge is -2.71. The average Bonchev–Trinajstić information content (AvgIpc) is 3.29. The van der Waals surface area contributed by atoms with Crippen molar-refractivity contribution in [3.8, 4) is 0 Å². The molecule has 6 rings (SSSR count). The second-order valence-electron chi connectivity index (χ2n) is 7.36. The fraction of sp³-hybridized carbons (Fsp3) is 0.611. The summed E-state index contributed by atoms with van der Waals surface area (Å²) in [5.74, 6) is -0.254. The van der Waals surface area contributed by atoms with Crippen LogP contribution in [0.15, 0.2) is 30.3 Å². The van der Waals surface area contributed by atoms with E-state index in [1.807, 2.05) is 30.3 Å². The largest absolute Gasteiger partial charge is 0.462 e. The molecule has 1 spiro atoms. The quantitative estimate of drug-likeness (QED) is 0.661. The molecule has 0 amide bonds. The molecule has 1 N–H and O–H groups in total. The van der Waals surface area contributed by atoms with Crippen molar-refractivity contribution in [1.29, 1.82) is 0 Å². The maximum Gasteiger partial charge on any atom is 0.316 e. The number of epoxide rings is 1. The van der Waals surface area contributed by atoms with Gasteiger partial charge in [-0.1, -0.05) is 30.3 Å². The monoisotopic (exact) mass is 315 g/mol. The summed E-state index contributed by atoms with van der Waals surface area (Å²) in [7, 11) is 2.16. The molecule has 2 aliphatic carbocycles.